The number of fused-ring (bicyclic) bond motifs is 4. The van der Waals surface area contributed by atoms with E-state index in [-0.39, 0.29) is 0 Å². The van der Waals surface area contributed by atoms with Gasteiger partial charge >= 0.3 is 0 Å². The molecule has 48 heavy (non-hydrogen) atoms. The molecule has 1 aromatic heterocycles. The minimum Gasteiger partial charge on any atom is -0.309 e. The summed E-state index contributed by atoms with van der Waals surface area (Å²) in [5, 5.41) is 4.96. The minimum atomic E-state index is 0.926. The highest BCUT2D eigenvalue weighted by molar-refractivity contribution is 6.09. The van der Waals surface area contributed by atoms with Crippen molar-refractivity contribution < 1.29 is 0 Å². The van der Waals surface area contributed by atoms with Crippen LogP contribution in [0.5, 0.6) is 0 Å². The lowest BCUT2D eigenvalue weighted by atomic mass is 10.0. The maximum Gasteiger partial charge on any atom is 0.0974 e. The summed E-state index contributed by atoms with van der Waals surface area (Å²) >= 11 is 0. The highest BCUT2D eigenvalue weighted by atomic mass is 15.1. The number of para-hydroxylation sites is 3. The van der Waals surface area contributed by atoms with Gasteiger partial charge in [0, 0.05) is 33.3 Å². The van der Waals surface area contributed by atoms with E-state index in [0.717, 1.165) is 39.4 Å². The van der Waals surface area contributed by atoms with Crippen molar-refractivity contribution in [2.75, 3.05) is 4.90 Å². The van der Waals surface area contributed by atoms with Gasteiger partial charge in [0.05, 0.1) is 22.4 Å². The first-order valence-electron chi connectivity index (χ1n) is 16.4. The van der Waals surface area contributed by atoms with Gasteiger partial charge in [-0.15, -0.1) is 0 Å². The fourth-order valence-corrected chi connectivity index (χ4v) is 6.72. The summed E-state index contributed by atoms with van der Waals surface area (Å²) in [6.07, 6.45) is 6.32. The van der Waals surface area contributed by atoms with Gasteiger partial charge in [-0.1, -0.05) is 115 Å². The van der Waals surface area contributed by atoms with Crippen molar-refractivity contribution in [3.63, 3.8) is 0 Å². The van der Waals surface area contributed by atoms with E-state index in [1.165, 1.54) is 38.2 Å². The molecule has 1 heterocycles. The SMILES string of the molecule is C/C=C\C=C(/C)c1ccccc1N(c1c#cc(-c2ccc3ccccc3c2)cc1)c1ccc(-n2c3ccccc3c3ccccc32)cc1. The Bertz CT molecular complexity index is 2410. The van der Waals surface area contributed by atoms with Crippen LogP contribution in [0.3, 0.4) is 0 Å². The van der Waals surface area contributed by atoms with Gasteiger partial charge in [0.2, 0.25) is 0 Å². The highest BCUT2D eigenvalue weighted by Crippen LogP contribution is 2.40. The number of rotatable bonds is 7. The molecule has 7 aromatic carbocycles. The molecular formula is C46H34N2. The normalized spacial score (nSPS) is 11.8. The molecule has 2 nitrogen and oxygen atoms in total. The minimum absolute atomic E-state index is 0.926. The monoisotopic (exact) mass is 614 g/mol. The lowest BCUT2D eigenvalue weighted by molar-refractivity contribution is 1.17. The van der Waals surface area contributed by atoms with Gasteiger partial charge in [0.1, 0.15) is 0 Å². The van der Waals surface area contributed by atoms with Crippen LogP contribution >= 0.6 is 0 Å². The van der Waals surface area contributed by atoms with Crippen LogP contribution in [0.2, 0.25) is 0 Å². The lowest BCUT2D eigenvalue weighted by Gasteiger charge is -2.27. The fraction of sp³-hybridized carbons (Fsp3) is 0.0435. The molecule has 0 unspecified atom stereocenters. The first-order valence-corrected chi connectivity index (χ1v) is 16.4. The van der Waals surface area contributed by atoms with Crippen LogP contribution in [-0.4, -0.2) is 4.57 Å². The summed E-state index contributed by atoms with van der Waals surface area (Å²) < 4.78 is 2.36. The average molecular weight is 615 g/mol. The molecular weight excluding hydrogens is 581 g/mol. The molecule has 0 atom stereocenters. The Balaban J connectivity index is 1.25. The molecule has 0 N–H and O–H groups in total. The van der Waals surface area contributed by atoms with Crippen molar-refractivity contribution >= 4 is 55.2 Å². The van der Waals surface area contributed by atoms with E-state index < -0.39 is 0 Å². The summed E-state index contributed by atoms with van der Waals surface area (Å²) in [5.74, 6) is 0. The molecule has 8 rings (SSSR count). The quantitative estimate of drug-likeness (QED) is 0.162. The van der Waals surface area contributed by atoms with E-state index >= 15 is 0 Å². The predicted molar refractivity (Wildman–Crippen MR) is 205 cm³/mol. The third kappa shape index (κ3) is 5.22. The smallest absolute Gasteiger partial charge is 0.0974 e. The summed E-state index contributed by atoms with van der Waals surface area (Å²) in [5.41, 5.74) is 11.1. The van der Waals surface area contributed by atoms with Crippen LogP contribution in [-0.2, 0) is 0 Å². The number of nitrogens with zero attached hydrogens (tertiary/aromatic N) is 2. The molecule has 0 radical (unpaired) electrons. The van der Waals surface area contributed by atoms with Crippen LogP contribution in [0.4, 0.5) is 17.1 Å². The third-order valence-electron chi connectivity index (χ3n) is 9.09. The molecule has 2 heteroatoms. The van der Waals surface area contributed by atoms with Crippen molar-refractivity contribution in [3.05, 3.63) is 188 Å². The standard InChI is InChI=1S/C46H34N2/c1-3-4-13-33(2)41-16-7-10-19-44(41)47(38-26-24-35(25-27-38)37-23-22-34-14-5-6-15-36(34)32-37)39-28-30-40(31-29-39)48-45-20-11-8-17-42(45)43-18-9-12-21-46(43)48/h3-24,26,28-32H,1-2H3/b4-3-,33-13+. The Labute approximate surface area is 282 Å². The number of hydrogen-bond donors (Lipinski definition) is 0. The molecule has 0 fully saturated rings. The number of benzene rings is 6. The lowest BCUT2D eigenvalue weighted by Crippen LogP contribution is -2.11. The van der Waals surface area contributed by atoms with Gasteiger partial charge in [-0.2, -0.15) is 0 Å². The van der Waals surface area contributed by atoms with Crippen LogP contribution < -0.4 is 4.90 Å². The first kappa shape index (κ1) is 29.1. The fourth-order valence-electron chi connectivity index (χ4n) is 6.72. The number of anilines is 3. The van der Waals surface area contributed by atoms with Gasteiger partial charge in [-0.25, -0.2) is 0 Å². The molecule has 228 valence electrons. The Morgan fingerprint density at radius 3 is 2.00 bits per heavy atom. The van der Waals surface area contributed by atoms with Crippen LogP contribution in [0, 0.1) is 12.1 Å². The zero-order chi connectivity index (χ0) is 32.5. The van der Waals surface area contributed by atoms with Gasteiger partial charge in [0.15, 0.2) is 0 Å². The summed E-state index contributed by atoms with van der Waals surface area (Å²) in [6, 6.07) is 61.1. The number of allylic oxidation sites excluding steroid dienone is 4. The van der Waals surface area contributed by atoms with E-state index in [1.54, 1.807) is 0 Å². The third-order valence-corrected chi connectivity index (χ3v) is 9.09. The predicted octanol–water partition coefficient (Wildman–Crippen LogP) is 12.7. The second-order valence-corrected chi connectivity index (χ2v) is 12.1. The van der Waals surface area contributed by atoms with E-state index in [0.29, 0.717) is 0 Å². The van der Waals surface area contributed by atoms with Crippen molar-refractivity contribution in [1.29, 1.82) is 0 Å². The summed E-state index contributed by atoms with van der Waals surface area (Å²) in [6.45, 7) is 4.21. The van der Waals surface area contributed by atoms with Crippen LogP contribution in [0.15, 0.2) is 170 Å². The maximum atomic E-state index is 3.54. The van der Waals surface area contributed by atoms with Crippen LogP contribution in [0.1, 0.15) is 19.4 Å². The van der Waals surface area contributed by atoms with Crippen molar-refractivity contribution in [2.45, 2.75) is 13.8 Å². The zero-order valence-corrected chi connectivity index (χ0v) is 27.1. The number of aromatic nitrogens is 1. The van der Waals surface area contributed by atoms with E-state index in [4.69, 9.17) is 0 Å². The second kappa shape index (κ2) is 12.5. The Morgan fingerprint density at radius 1 is 0.625 bits per heavy atom. The highest BCUT2D eigenvalue weighted by Gasteiger charge is 2.18. The van der Waals surface area contributed by atoms with Crippen molar-refractivity contribution in [1.82, 2.24) is 4.57 Å². The van der Waals surface area contributed by atoms with Crippen molar-refractivity contribution in [3.8, 4) is 16.8 Å². The molecule has 0 aliphatic carbocycles. The van der Waals surface area contributed by atoms with Gasteiger partial charge in [-0.3, -0.25) is 0 Å². The Morgan fingerprint density at radius 2 is 1.29 bits per heavy atom. The molecule has 0 saturated heterocycles. The molecule has 0 spiro atoms. The Kier molecular flexibility index (Phi) is 7.57. The molecule has 0 bridgehead atoms. The zero-order valence-electron chi connectivity index (χ0n) is 27.1. The summed E-state index contributed by atoms with van der Waals surface area (Å²) in [7, 11) is 0. The van der Waals surface area contributed by atoms with E-state index in [9.17, 15) is 0 Å². The Hall–Kier alpha value is -6.30. The van der Waals surface area contributed by atoms with Crippen molar-refractivity contribution in [2.24, 2.45) is 0 Å². The van der Waals surface area contributed by atoms with Gasteiger partial charge < -0.3 is 9.47 Å². The largest absolute Gasteiger partial charge is 0.309 e. The first-order chi connectivity index (χ1) is 23.7. The maximum absolute atomic E-state index is 3.54. The molecule has 0 saturated carbocycles. The van der Waals surface area contributed by atoms with Gasteiger partial charge in [-0.05, 0) is 102 Å². The molecule has 0 aliphatic rings. The average Bonchev–Trinajstić information content (AvgIpc) is 3.49. The topological polar surface area (TPSA) is 8.17 Å². The molecule has 0 aliphatic heterocycles. The van der Waals surface area contributed by atoms with Gasteiger partial charge in [0.25, 0.3) is 0 Å². The second-order valence-electron chi connectivity index (χ2n) is 12.1. The molecule has 0 amide bonds. The van der Waals surface area contributed by atoms with E-state index in [1.807, 2.05) is 6.92 Å². The van der Waals surface area contributed by atoms with Crippen LogP contribution in [0.25, 0.3) is 55.0 Å². The number of hydrogen-bond acceptors (Lipinski definition) is 1. The molecule has 8 aromatic rings. The van der Waals surface area contributed by atoms with E-state index in [2.05, 4.69) is 198 Å². The summed E-state index contributed by atoms with van der Waals surface area (Å²) in [4.78, 5) is 2.29.